The molecule has 9 atom stereocenters. The maximum Gasteiger partial charge on any atom is 0.184 e. The number of hydrogen-bond acceptors (Lipinski definition) is 1. The van der Waals surface area contributed by atoms with Crippen molar-refractivity contribution in [2.24, 2.45) is 52.3 Å². The minimum atomic E-state index is -1.46. The van der Waals surface area contributed by atoms with Gasteiger partial charge in [0.2, 0.25) is 0 Å². The van der Waals surface area contributed by atoms with Crippen molar-refractivity contribution in [3.63, 3.8) is 0 Å². The average molecular weight is 487 g/mol. The van der Waals surface area contributed by atoms with E-state index in [1.54, 1.807) is 5.57 Å². The standard InChI is InChI=1S/C32H58OSi/c1-10-24(22(2)3)12-11-23(4)28-15-16-29-27-14-13-25-21-26(33-34(7,8)9)17-19-31(25,5)30(27)18-20-32(28,29)6/h13,22-24,26-30H,10-12,14-21H2,1-9H3/t23?,24?,26-,27?,28?,29?,30?,31?,32?/m0/s1. The van der Waals surface area contributed by atoms with Crippen LogP contribution in [0, 0.1) is 52.3 Å². The Morgan fingerprint density at radius 2 is 1.71 bits per heavy atom. The first-order valence-corrected chi connectivity index (χ1v) is 18.7. The average Bonchev–Trinajstić information content (AvgIpc) is 3.10. The molecule has 0 N–H and O–H groups in total. The molecule has 0 amide bonds. The van der Waals surface area contributed by atoms with Crippen LogP contribution in [0.5, 0.6) is 0 Å². The third-order valence-electron chi connectivity index (χ3n) is 11.8. The van der Waals surface area contributed by atoms with E-state index in [-0.39, 0.29) is 0 Å². The highest BCUT2D eigenvalue weighted by Gasteiger charge is 2.59. The zero-order chi connectivity index (χ0) is 24.9. The van der Waals surface area contributed by atoms with Crippen LogP contribution < -0.4 is 0 Å². The highest BCUT2D eigenvalue weighted by atomic mass is 28.4. The highest BCUT2D eigenvalue weighted by molar-refractivity contribution is 6.69. The topological polar surface area (TPSA) is 9.23 Å². The van der Waals surface area contributed by atoms with Gasteiger partial charge in [-0.2, -0.15) is 0 Å². The van der Waals surface area contributed by atoms with E-state index in [1.165, 1.54) is 70.6 Å². The Kier molecular flexibility index (Phi) is 7.93. The zero-order valence-corrected chi connectivity index (χ0v) is 25.4. The molecule has 4 aliphatic rings. The summed E-state index contributed by atoms with van der Waals surface area (Å²) in [7, 11) is -1.46. The van der Waals surface area contributed by atoms with Crippen molar-refractivity contribution in [3.8, 4) is 0 Å². The summed E-state index contributed by atoms with van der Waals surface area (Å²) in [5, 5.41) is 0. The lowest BCUT2D eigenvalue weighted by Gasteiger charge is -2.58. The molecule has 0 aromatic heterocycles. The minimum absolute atomic E-state index is 0.457. The Morgan fingerprint density at radius 3 is 2.35 bits per heavy atom. The Hall–Kier alpha value is -0.0831. The number of fused-ring (bicyclic) bond motifs is 5. The van der Waals surface area contributed by atoms with Gasteiger partial charge in [0.1, 0.15) is 0 Å². The van der Waals surface area contributed by atoms with Gasteiger partial charge >= 0.3 is 0 Å². The SMILES string of the molecule is CCC(CCC(C)C1CCC2C3CC=C4C[C@@H](O[Si](C)(C)C)CCC4(C)C3CCC12C)C(C)C. The fraction of sp³-hybridized carbons (Fsp3) is 0.938. The lowest BCUT2D eigenvalue weighted by atomic mass is 9.47. The van der Waals surface area contributed by atoms with Gasteiger partial charge in [-0.1, -0.05) is 66.0 Å². The summed E-state index contributed by atoms with van der Waals surface area (Å²) in [6, 6.07) is 0. The van der Waals surface area contributed by atoms with E-state index in [0.717, 1.165) is 41.4 Å². The van der Waals surface area contributed by atoms with Crippen molar-refractivity contribution >= 4 is 8.32 Å². The lowest BCUT2D eigenvalue weighted by Crippen LogP contribution is -2.51. The van der Waals surface area contributed by atoms with Crippen molar-refractivity contribution < 1.29 is 4.43 Å². The molecule has 8 unspecified atom stereocenters. The minimum Gasteiger partial charge on any atom is -0.414 e. The van der Waals surface area contributed by atoms with E-state index < -0.39 is 8.32 Å². The fourth-order valence-corrected chi connectivity index (χ4v) is 11.1. The second-order valence-corrected chi connectivity index (χ2v) is 19.5. The van der Waals surface area contributed by atoms with E-state index in [0.29, 0.717) is 16.9 Å². The Balaban J connectivity index is 1.45. The molecule has 4 rings (SSSR count). The summed E-state index contributed by atoms with van der Waals surface area (Å²) in [4.78, 5) is 0. The van der Waals surface area contributed by atoms with Crippen LogP contribution in [0.2, 0.25) is 19.6 Å². The zero-order valence-electron chi connectivity index (χ0n) is 24.4. The van der Waals surface area contributed by atoms with Crippen molar-refractivity contribution in [1.82, 2.24) is 0 Å². The van der Waals surface area contributed by atoms with Gasteiger partial charge in [-0.25, -0.2) is 0 Å². The molecule has 0 aromatic carbocycles. The van der Waals surface area contributed by atoms with Crippen LogP contribution in [0.25, 0.3) is 0 Å². The van der Waals surface area contributed by atoms with Crippen molar-refractivity contribution in [3.05, 3.63) is 11.6 Å². The third kappa shape index (κ3) is 5.03. The summed E-state index contributed by atoms with van der Waals surface area (Å²) in [6.07, 6.45) is 18.7. The molecular formula is C32H58OSi. The first-order valence-electron chi connectivity index (χ1n) is 15.3. The van der Waals surface area contributed by atoms with E-state index in [1.807, 2.05) is 0 Å². The Morgan fingerprint density at radius 1 is 0.971 bits per heavy atom. The quantitative estimate of drug-likeness (QED) is 0.245. The second kappa shape index (κ2) is 10.00. The molecule has 3 saturated carbocycles. The van der Waals surface area contributed by atoms with Gasteiger partial charge in [-0.15, -0.1) is 0 Å². The van der Waals surface area contributed by atoms with Crippen LogP contribution in [-0.2, 0) is 4.43 Å². The predicted molar refractivity (Wildman–Crippen MR) is 150 cm³/mol. The van der Waals surface area contributed by atoms with E-state index >= 15 is 0 Å². The molecule has 1 nitrogen and oxygen atoms in total. The van der Waals surface area contributed by atoms with Gasteiger partial charge in [0, 0.05) is 6.10 Å². The van der Waals surface area contributed by atoms with Crippen LogP contribution in [0.3, 0.4) is 0 Å². The summed E-state index contributed by atoms with van der Waals surface area (Å²) in [6.45, 7) is 22.4. The smallest absolute Gasteiger partial charge is 0.184 e. The maximum atomic E-state index is 6.59. The maximum absolute atomic E-state index is 6.59. The molecule has 0 radical (unpaired) electrons. The molecule has 2 heteroatoms. The number of allylic oxidation sites excluding steroid dienone is 1. The van der Waals surface area contributed by atoms with Crippen LogP contribution >= 0.6 is 0 Å². The first-order chi connectivity index (χ1) is 15.9. The van der Waals surface area contributed by atoms with Crippen molar-refractivity contribution in [2.75, 3.05) is 0 Å². The van der Waals surface area contributed by atoms with Gasteiger partial charge in [-0.05, 0) is 130 Å². The summed E-state index contributed by atoms with van der Waals surface area (Å²) in [5.41, 5.74) is 2.84. The van der Waals surface area contributed by atoms with Gasteiger partial charge in [0.05, 0.1) is 0 Å². The van der Waals surface area contributed by atoms with Crippen molar-refractivity contribution in [1.29, 1.82) is 0 Å². The molecule has 34 heavy (non-hydrogen) atoms. The van der Waals surface area contributed by atoms with Gasteiger partial charge in [-0.3, -0.25) is 0 Å². The fourth-order valence-electron chi connectivity index (χ4n) is 9.89. The van der Waals surface area contributed by atoms with Gasteiger partial charge in [0.25, 0.3) is 0 Å². The monoisotopic (exact) mass is 486 g/mol. The molecule has 196 valence electrons. The molecule has 0 bridgehead atoms. The predicted octanol–water partition coefficient (Wildman–Crippen LogP) is 9.88. The molecule has 0 spiro atoms. The van der Waals surface area contributed by atoms with Crippen molar-refractivity contribution in [2.45, 2.75) is 138 Å². The summed E-state index contributed by atoms with van der Waals surface area (Å²) < 4.78 is 6.59. The van der Waals surface area contributed by atoms with Crippen LogP contribution in [0.4, 0.5) is 0 Å². The molecule has 0 aromatic rings. The molecule has 3 fully saturated rings. The molecule has 0 saturated heterocycles. The molecule has 0 heterocycles. The van der Waals surface area contributed by atoms with E-state index in [2.05, 4.69) is 67.3 Å². The number of hydrogen-bond donors (Lipinski definition) is 0. The Bertz CT molecular complexity index is 734. The van der Waals surface area contributed by atoms with E-state index in [4.69, 9.17) is 4.43 Å². The van der Waals surface area contributed by atoms with Crippen LogP contribution in [0.15, 0.2) is 11.6 Å². The van der Waals surface area contributed by atoms with Crippen LogP contribution in [0.1, 0.15) is 112 Å². The summed E-state index contributed by atoms with van der Waals surface area (Å²) >= 11 is 0. The second-order valence-electron chi connectivity index (χ2n) is 15.0. The third-order valence-corrected chi connectivity index (χ3v) is 12.8. The number of rotatable bonds is 8. The summed E-state index contributed by atoms with van der Waals surface area (Å²) in [5.74, 6) is 6.47. The van der Waals surface area contributed by atoms with Gasteiger partial charge in [0.15, 0.2) is 8.32 Å². The van der Waals surface area contributed by atoms with Gasteiger partial charge < -0.3 is 4.43 Å². The normalized spacial score (nSPS) is 41.9. The first kappa shape index (κ1) is 27.0. The molecule has 4 aliphatic carbocycles. The Labute approximate surface area is 214 Å². The lowest BCUT2D eigenvalue weighted by molar-refractivity contribution is -0.0565. The highest BCUT2D eigenvalue weighted by Crippen LogP contribution is 2.67. The van der Waals surface area contributed by atoms with Crippen LogP contribution in [-0.4, -0.2) is 14.4 Å². The van der Waals surface area contributed by atoms with E-state index in [9.17, 15) is 0 Å². The molecular weight excluding hydrogens is 428 g/mol. The molecule has 0 aliphatic heterocycles. The largest absolute Gasteiger partial charge is 0.414 e.